The number of fused-ring (bicyclic) bond motifs is 1. The Balaban J connectivity index is 1.96. The van der Waals surface area contributed by atoms with Crippen LogP contribution in [0.2, 0.25) is 0 Å². The number of rotatable bonds is 3. The van der Waals surface area contributed by atoms with Gasteiger partial charge in [0.05, 0.1) is 11.3 Å². The minimum absolute atomic E-state index is 0.00830. The quantitative estimate of drug-likeness (QED) is 0.529. The van der Waals surface area contributed by atoms with Gasteiger partial charge >= 0.3 is 6.18 Å². The molecule has 0 bridgehead atoms. The first-order valence-corrected chi connectivity index (χ1v) is 9.14. The molecule has 3 heterocycles. The van der Waals surface area contributed by atoms with Crippen LogP contribution < -0.4 is 10.9 Å². The van der Waals surface area contributed by atoms with E-state index >= 15 is 0 Å². The summed E-state index contributed by atoms with van der Waals surface area (Å²) < 4.78 is 41.6. The van der Waals surface area contributed by atoms with Crippen molar-refractivity contribution in [3.63, 3.8) is 0 Å². The summed E-state index contributed by atoms with van der Waals surface area (Å²) in [4.78, 5) is 33.5. The lowest BCUT2D eigenvalue weighted by Crippen LogP contribution is -2.29. The smallest absolute Gasteiger partial charge is 0.298 e. The highest BCUT2D eigenvalue weighted by molar-refractivity contribution is 7.13. The van der Waals surface area contributed by atoms with E-state index in [0.717, 1.165) is 11.3 Å². The molecule has 148 valence electrons. The van der Waals surface area contributed by atoms with Crippen LogP contribution in [0.5, 0.6) is 0 Å². The number of aryl methyl sites for hydroxylation is 1. The molecule has 0 spiro atoms. The molecule has 11 heteroatoms. The molecule has 2 N–H and O–H groups in total. The summed E-state index contributed by atoms with van der Waals surface area (Å²) in [6.07, 6.45) is -3.29. The fourth-order valence-corrected chi connectivity index (χ4v) is 3.49. The Morgan fingerprint density at radius 2 is 1.97 bits per heavy atom. The molecule has 29 heavy (non-hydrogen) atoms. The van der Waals surface area contributed by atoms with Gasteiger partial charge in [-0.3, -0.25) is 20.0 Å². The second-order valence-electron chi connectivity index (χ2n) is 6.05. The number of carbonyl (C=O) groups excluding carboxylic acids is 1. The molecule has 0 radical (unpaired) electrons. The molecule has 1 aromatic carbocycles. The number of carbonyl (C=O) groups is 1. The van der Waals surface area contributed by atoms with E-state index in [1.165, 1.54) is 25.3 Å². The normalized spacial score (nSPS) is 11.7. The van der Waals surface area contributed by atoms with Crippen molar-refractivity contribution in [2.45, 2.75) is 13.1 Å². The highest BCUT2D eigenvalue weighted by atomic mass is 32.1. The maximum absolute atomic E-state index is 13.7. The van der Waals surface area contributed by atoms with E-state index in [0.29, 0.717) is 4.52 Å². The Bertz CT molecular complexity index is 1260. The van der Waals surface area contributed by atoms with Gasteiger partial charge in [0.15, 0.2) is 10.8 Å². The number of aromatic nitrogens is 4. The third kappa shape index (κ3) is 3.29. The van der Waals surface area contributed by atoms with E-state index in [2.05, 4.69) is 20.4 Å². The Labute approximate surface area is 164 Å². The number of nitrogens with one attached hydrogen (secondary N) is 2. The molecule has 0 unspecified atom stereocenters. The van der Waals surface area contributed by atoms with Crippen LogP contribution in [-0.2, 0) is 6.18 Å². The second kappa shape index (κ2) is 6.85. The van der Waals surface area contributed by atoms with Crippen molar-refractivity contribution >= 4 is 28.0 Å². The zero-order valence-electron chi connectivity index (χ0n) is 14.7. The second-order valence-corrected chi connectivity index (χ2v) is 6.95. The molecule has 3 aromatic heterocycles. The van der Waals surface area contributed by atoms with Gasteiger partial charge in [0.1, 0.15) is 11.3 Å². The number of benzene rings is 1. The summed E-state index contributed by atoms with van der Waals surface area (Å²) in [7, 11) is 0. The van der Waals surface area contributed by atoms with Crippen molar-refractivity contribution in [1.82, 2.24) is 19.6 Å². The van der Waals surface area contributed by atoms with E-state index in [4.69, 9.17) is 0 Å². The maximum atomic E-state index is 13.7. The molecule has 0 aliphatic heterocycles. The third-order valence-electron chi connectivity index (χ3n) is 4.19. The minimum Gasteiger partial charge on any atom is -0.298 e. The van der Waals surface area contributed by atoms with Crippen molar-refractivity contribution in [3.8, 4) is 11.1 Å². The predicted octanol–water partition coefficient (Wildman–Crippen LogP) is 3.73. The van der Waals surface area contributed by atoms with E-state index in [1.807, 2.05) is 0 Å². The summed E-state index contributed by atoms with van der Waals surface area (Å²) in [6, 6.07) is 7.81. The van der Waals surface area contributed by atoms with Crippen LogP contribution in [0, 0.1) is 6.92 Å². The molecule has 7 nitrogen and oxygen atoms in total. The number of hydrogen-bond donors (Lipinski definition) is 2. The molecule has 4 aromatic rings. The predicted molar refractivity (Wildman–Crippen MR) is 101 cm³/mol. The van der Waals surface area contributed by atoms with Crippen molar-refractivity contribution in [1.29, 1.82) is 0 Å². The minimum atomic E-state index is -4.76. The molecule has 0 saturated carbocycles. The van der Waals surface area contributed by atoms with Crippen LogP contribution in [-0.4, -0.2) is 25.5 Å². The topological polar surface area (TPSA) is 92.2 Å². The largest absolute Gasteiger partial charge is 0.433 e. The summed E-state index contributed by atoms with van der Waals surface area (Å²) in [5.74, 6) is -0.797. The van der Waals surface area contributed by atoms with Gasteiger partial charge in [-0.05, 0) is 12.5 Å². The Morgan fingerprint density at radius 3 is 2.59 bits per heavy atom. The molecular formula is C18H12F3N5O2S. The number of halogens is 3. The van der Waals surface area contributed by atoms with E-state index in [-0.39, 0.29) is 33.2 Å². The molecule has 0 atom stereocenters. The zero-order chi connectivity index (χ0) is 20.8. The third-order valence-corrected chi connectivity index (χ3v) is 4.88. The number of amides is 1. The SMILES string of the molecule is Cc1nc2c(-c3ccccc3)c(C(F)(F)F)[nH]n2c(=O)c1C(=O)Nc1nccs1. The lowest BCUT2D eigenvalue weighted by molar-refractivity contribution is -0.140. The molecular weight excluding hydrogens is 407 g/mol. The summed E-state index contributed by atoms with van der Waals surface area (Å²) >= 11 is 1.14. The van der Waals surface area contributed by atoms with Gasteiger partial charge in [-0.15, -0.1) is 11.3 Å². The van der Waals surface area contributed by atoms with Crippen molar-refractivity contribution in [2.75, 3.05) is 5.32 Å². The van der Waals surface area contributed by atoms with Gasteiger partial charge in [0.25, 0.3) is 11.5 Å². The first-order valence-electron chi connectivity index (χ1n) is 8.26. The summed E-state index contributed by atoms with van der Waals surface area (Å²) in [5.41, 5.74) is -2.65. The van der Waals surface area contributed by atoms with Crippen LogP contribution in [0.1, 0.15) is 21.7 Å². The van der Waals surface area contributed by atoms with Crippen LogP contribution in [0.15, 0.2) is 46.7 Å². The van der Waals surface area contributed by atoms with Gasteiger partial charge in [-0.25, -0.2) is 9.97 Å². The van der Waals surface area contributed by atoms with Crippen LogP contribution in [0.25, 0.3) is 16.8 Å². The van der Waals surface area contributed by atoms with Gasteiger partial charge in [0.2, 0.25) is 0 Å². The first kappa shape index (κ1) is 18.9. The van der Waals surface area contributed by atoms with Crippen molar-refractivity contribution < 1.29 is 18.0 Å². The van der Waals surface area contributed by atoms with E-state index in [1.54, 1.807) is 23.6 Å². The standard InChI is InChI=1S/C18H12F3N5O2S/c1-9-11(15(27)24-17-22-7-8-29-17)16(28)26-14(23-9)12(10-5-3-2-4-6-10)13(25-26)18(19,20)21/h2-8,25H,1H3,(H,22,24,27). The highest BCUT2D eigenvalue weighted by Crippen LogP contribution is 2.38. The average molecular weight is 419 g/mol. The Kier molecular flexibility index (Phi) is 4.46. The lowest BCUT2D eigenvalue weighted by atomic mass is 10.1. The van der Waals surface area contributed by atoms with Crippen LogP contribution >= 0.6 is 11.3 Å². The van der Waals surface area contributed by atoms with Gasteiger partial charge < -0.3 is 0 Å². The summed E-state index contributed by atoms with van der Waals surface area (Å²) in [5, 5.41) is 6.41. The molecule has 1 amide bonds. The van der Waals surface area contributed by atoms with Crippen LogP contribution in [0.4, 0.5) is 18.3 Å². The molecule has 0 saturated heterocycles. The molecule has 0 aliphatic rings. The van der Waals surface area contributed by atoms with Gasteiger partial charge in [0, 0.05) is 11.6 Å². The number of nitrogens with zero attached hydrogens (tertiary/aromatic N) is 3. The Morgan fingerprint density at radius 1 is 1.24 bits per heavy atom. The summed E-state index contributed by atoms with van der Waals surface area (Å²) in [6.45, 7) is 1.40. The number of hydrogen-bond acceptors (Lipinski definition) is 5. The van der Waals surface area contributed by atoms with Gasteiger partial charge in [-0.2, -0.15) is 17.7 Å². The maximum Gasteiger partial charge on any atom is 0.433 e. The lowest BCUT2D eigenvalue weighted by Gasteiger charge is -2.07. The molecule has 0 aliphatic carbocycles. The average Bonchev–Trinajstić information content (AvgIpc) is 3.29. The Hall–Kier alpha value is -3.47. The number of H-pyrrole nitrogens is 1. The fraction of sp³-hybridized carbons (Fsp3) is 0.111. The number of alkyl halides is 3. The molecule has 4 rings (SSSR count). The number of aromatic amines is 1. The zero-order valence-corrected chi connectivity index (χ0v) is 15.6. The fourth-order valence-electron chi connectivity index (χ4n) is 2.97. The van der Waals surface area contributed by atoms with Crippen molar-refractivity contribution in [3.05, 3.63) is 69.2 Å². The van der Waals surface area contributed by atoms with E-state index < -0.39 is 23.3 Å². The number of anilines is 1. The highest BCUT2D eigenvalue weighted by Gasteiger charge is 2.38. The number of thiazole rings is 1. The van der Waals surface area contributed by atoms with Crippen molar-refractivity contribution in [2.24, 2.45) is 0 Å². The molecule has 0 fully saturated rings. The monoisotopic (exact) mass is 419 g/mol. The van der Waals surface area contributed by atoms with Gasteiger partial charge in [-0.1, -0.05) is 30.3 Å². The first-order chi connectivity index (χ1) is 13.8. The van der Waals surface area contributed by atoms with Crippen LogP contribution in [0.3, 0.4) is 0 Å². The van der Waals surface area contributed by atoms with E-state index in [9.17, 15) is 22.8 Å².